The summed E-state index contributed by atoms with van der Waals surface area (Å²) >= 11 is 0. The van der Waals surface area contributed by atoms with Gasteiger partial charge in [0.1, 0.15) is 24.3 Å². The first-order chi connectivity index (χ1) is 15.0. The van der Waals surface area contributed by atoms with Gasteiger partial charge in [-0.05, 0) is 48.9 Å². The van der Waals surface area contributed by atoms with Gasteiger partial charge in [-0.15, -0.1) is 0 Å². The van der Waals surface area contributed by atoms with E-state index in [4.69, 9.17) is 25.7 Å². The molecule has 0 unspecified atom stereocenters. The predicted octanol–water partition coefficient (Wildman–Crippen LogP) is 3.50. The minimum absolute atomic E-state index is 0.143. The van der Waals surface area contributed by atoms with Crippen molar-refractivity contribution in [3.63, 3.8) is 0 Å². The first-order valence-corrected chi connectivity index (χ1v) is 9.81. The van der Waals surface area contributed by atoms with Gasteiger partial charge >= 0.3 is 0 Å². The van der Waals surface area contributed by atoms with Crippen LogP contribution in [0, 0.1) is 5.82 Å². The van der Waals surface area contributed by atoms with Crippen LogP contribution in [0.5, 0.6) is 11.5 Å². The number of ether oxygens (including phenoxy) is 3. The number of nitrogens with two attached hydrogens (primary N) is 2. The molecule has 1 heterocycles. The van der Waals surface area contributed by atoms with E-state index in [1.807, 2.05) is 13.0 Å². The Morgan fingerprint density at radius 1 is 1.03 bits per heavy atom. The SMILES string of the molecule is CCO[C@H](CO)COc1ccc(-c2cnc(N)c(-c3ccc(N)cc3F)c2)cc1OC. The summed E-state index contributed by atoms with van der Waals surface area (Å²) in [5.41, 5.74) is 14.3. The topological polar surface area (TPSA) is 113 Å². The highest BCUT2D eigenvalue weighted by Gasteiger charge is 2.15. The van der Waals surface area contributed by atoms with Gasteiger partial charge in [0.25, 0.3) is 0 Å². The molecule has 7 nitrogen and oxygen atoms in total. The first-order valence-electron chi connectivity index (χ1n) is 9.81. The average Bonchev–Trinajstić information content (AvgIpc) is 2.77. The lowest BCUT2D eigenvalue weighted by Crippen LogP contribution is -2.25. The Hall–Kier alpha value is -3.36. The van der Waals surface area contributed by atoms with Crippen LogP contribution in [-0.2, 0) is 4.74 Å². The lowest BCUT2D eigenvalue weighted by molar-refractivity contribution is -0.00806. The van der Waals surface area contributed by atoms with Crippen LogP contribution in [0.4, 0.5) is 15.9 Å². The van der Waals surface area contributed by atoms with Crippen molar-refractivity contribution in [2.24, 2.45) is 0 Å². The maximum Gasteiger partial charge on any atom is 0.161 e. The predicted molar refractivity (Wildman–Crippen MR) is 118 cm³/mol. The van der Waals surface area contributed by atoms with Crippen molar-refractivity contribution in [1.29, 1.82) is 0 Å². The van der Waals surface area contributed by atoms with Crippen molar-refractivity contribution in [2.75, 3.05) is 38.4 Å². The largest absolute Gasteiger partial charge is 0.493 e. The minimum atomic E-state index is -0.472. The van der Waals surface area contributed by atoms with Crippen molar-refractivity contribution >= 4 is 11.5 Å². The molecule has 3 aromatic rings. The standard InChI is InChI=1S/C23H26FN3O4/c1-3-30-17(12-28)13-31-21-7-4-14(9-22(21)29-2)15-8-19(23(26)27-11-15)18-6-5-16(25)10-20(18)24/h4-11,17,28H,3,12-13,25H2,1-2H3,(H2,26,27)/t17-/m1/s1. The smallest absolute Gasteiger partial charge is 0.161 e. The van der Waals surface area contributed by atoms with E-state index >= 15 is 0 Å². The summed E-state index contributed by atoms with van der Waals surface area (Å²) in [5, 5.41) is 9.34. The molecule has 3 rings (SSSR count). The molecular weight excluding hydrogens is 401 g/mol. The molecule has 164 valence electrons. The fraction of sp³-hybridized carbons (Fsp3) is 0.261. The Morgan fingerprint density at radius 2 is 1.84 bits per heavy atom. The second kappa shape index (κ2) is 10.1. The van der Waals surface area contributed by atoms with E-state index < -0.39 is 11.9 Å². The number of pyridine rings is 1. The van der Waals surface area contributed by atoms with E-state index in [9.17, 15) is 9.50 Å². The van der Waals surface area contributed by atoms with Gasteiger partial charge in [-0.1, -0.05) is 6.07 Å². The number of aliphatic hydroxyl groups excluding tert-OH is 1. The third-order valence-corrected chi connectivity index (χ3v) is 4.73. The Morgan fingerprint density at radius 3 is 2.52 bits per heavy atom. The quantitative estimate of drug-likeness (QED) is 0.448. The third kappa shape index (κ3) is 5.22. The summed E-state index contributed by atoms with van der Waals surface area (Å²) in [5.74, 6) is 0.755. The molecule has 0 spiro atoms. The molecule has 0 saturated heterocycles. The Labute approximate surface area is 180 Å². The molecule has 0 bridgehead atoms. The second-order valence-corrected chi connectivity index (χ2v) is 6.83. The van der Waals surface area contributed by atoms with Gasteiger partial charge < -0.3 is 30.8 Å². The van der Waals surface area contributed by atoms with Gasteiger partial charge in [-0.25, -0.2) is 9.37 Å². The third-order valence-electron chi connectivity index (χ3n) is 4.73. The van der Waals surface area contributed by atoms with Crippen molar-refractivity contribution in [3.8, 4) is 33.8 Å². The zero-order valence-corrected chi connectivity index (χ0v) is 17.5. The van der Waals surface area contributed by atoms with Crippen LogP contribution in [0.25, 0.3) is 22.3 Å². The number of methoxy groups -OCH3 is 1. The molecule has 1 atom stereocenters. The average molecular weight is 427 g/mol. The summed E-state index contributed by atoms with van der Waals surface area (Å²) in [6.45, 7) is 2.37. The molecule has 0 fully saturated rings. The molecule has 0 saturated carbocycles. The molecule has 5 N–H and O–H groups in total. The number of aromatic nitrogens is 1. The fourth-order valence-corrected chi connectivity index (χ4v) is 3.14. The van der Waals surface area contributed by atoms with Gasteiger partial charge in [0.15, 0.2) is 11.5 Å². The number of aliphatic hydroxyl groups is 1. The maximum atomic E-state index is 14.4. The monoisotopic (exact) mass is 427 g/mol. The fourth-order valence-electron chi connectivity index (χ4n) is 3.14. The molecule has 31 heavy (non-hydrogen) atoms. The molecule has 0 amide bonds. The van der Waals surface area contributed by atoms with Crippen LogP contribution in [-0.4, -0.2) is 43.1 Å². The summed E-state index contributed by atoms with van der Waals surface area (Å²) in [6.07, 6.45) is 1.19. The molecule has 0 aliphatic heterocycles. The zero-order chi connectivity index (χ0) is 22.4. The van der Waals surface area contributed by atoms with Crippen molar-refractivity contribution < 1.29 is 23.7 Å². The minimum Gasteiger partial charge on any atom is -0.493 e. The van der Waals surface area contributed by atoms with Crippen molar-refractivity contribution in [1.82, 2.24) is 4.98 Å². The molecule has 0 aliphatic carbocycles. The number of nitrogen functional groups attached to an aromatic ring is 2. The molecule has 8 heteroatoms. The van der Waals surface area contributed by atoms with Crippen molar-refractivity contribution in [3.05, 3.63) is 54.5 Å². The normalized spacial score (nSPS) is 11.9. The molecule has 1 aromatic heterocycles. The van der Waals surface area contributed by atoms with Crippen LogP contribution >= 0.6 is 0 Å². The van der Waals surface area contributed by atoms with E-state index in [0.717, 1.165) is 11.1 Å². The van der Waals surface area contributed by atoms with E-state index in [-0.39, 0.29) is 19.0 Å². The molecule has 0 radical (unpaired) electrons. The van der Waals surface area contributed by atoms with Crippen LogP contribution < -0.4 is 20.9 Å². The van der Waals surface area contributed by atoms with Crippen LogP contribution in [0.2, 0.25) is 0 Å². The summed E-state index contributed by atoms with van der Waals surface area (Å²) < 4.78 is 31.0. The molecule has 0 aliphatic rings. The van der Waals surface area contributed by atoms with Gasteiger partial charge in [0.2, 0.25) is 0 Å². The number of halogens is 1. The number of benzene rings is 2. The second-order valence-electron chi connectivity index (χ2n) is 6.83. The van der Waals surface area contributed by atoms with Crippen LogP contribution in [0.3, 0.4) is 0 Å². The highest BCUT2D eigenvalue weighted by molar-refractivity contribution is 5.80. The number of hydrogen-bond donors (Lipinski definition) is 3. The highest BCUT2D eigenvalue weighted by atomic mass is 19.1. The van der Waals surface area contributed by atoms with Crippen LogP contribution in [0.1, 0.15) is 6.92 Å². The van der Waals surface area contributed by atoms with E-state index in [2.05, 4.69) is 4.98 Å². The summed E-state index contributed by atoms with van der Waals surface area (Å²) in [7, 11) is 1.54. The van der Waals surface area contributed by atoms with Gasteiger partial charge in [-0.2, -0.15) is 0 Å². The van der Waals surface area contributed by atoms with Gasteiger partial charge in [-0.3, -0.25) is 0 Å². The summed E-state index contributed by atoms with van der Waals surface area (Å²) in [4.78, 5) is 4.23. The number of rotatable bonds is 9. The Balaban J connectivity index is 1.91. The molecular formula is C23H26FN3O4. The highest BCUT2D eigenvalue weighted by Crippen LogP contribution is 2.36. The van der Waals surface area contributed by atoms with E-state index in [1.54, 1.807) is 36.5 Å². The zero-order valence-electron chi connectivity index (χ0n) is 17.5. The van der Waals surface area contributed by atoms with Gasteiger partial charge in [0, 0.05) is 35.2 Å². The van der Waals surface area contributed by atoms with Crippen molar-refractivity contribution in [2.45, 2.75) is 13.0 Å². The lowest BCUT2D eigenvalue weighted by atomic mass is 10.00. The number of nitrogens with zero attached hydrogens (tertiary/aromatic N) is 1. The number of anilines is 2. The lowest BCUT2D eigenvalue weighted by Gasteiger charge is -2.17. The van der Waals surface area contributed by atoms with E-state index in [0.29, 0.717) is 34.9 Å². The Kier molecular flexibility index (Phi) is 7.28. The van der Waals surface area contributed by atoms with E-state index in [1.165, 1.54) is 13.2 Å². The molecule has 2 aromatic carbocycles. The summed E-state index contributed by atoms with van der Waals surface area (Å²) in [6, 6.07) is 11.6. The van der Waals surface area contributed by atoms with Crippen LogP contribution in [0.15, 0.2) is 48.7 Å². The van der Waals surface area contributed by atoms with Gasteiger partial charge in [0.05, 0.1) is 13.7 Å². The first kappa shape index (κ1) is 22.3. The number of hydrogen-bond acceptors (Lipinski definition) is 7. The maximum absolute atomic E-state index is 14.4. The Bertz CT molecular complexity index is 1050.